The molecule has 0 amide bonds. The Morgan fingerprint density at radius 2 is 1.90 bits per heavy atom. The molecule has 1 fully saturated rings. The molecule has 110 valence electrons. The fraction of sp³-hybridized carbons (Fsp3) is 0.625. The number of anilines is 1. The fourth-order valence-electron chi connectivity index (χ4n) is 3.12. The van der Waals surface area contributed by atoms with Crippen LogP contribution >= 0.6 is 12.2 Å². The Kier molecular flexibility index (Phi) is 4.63. The first kappa shape index (κ1) is 15.2. The Labute approximate surface area is 127 Å². The first-order valence-corrected chi connectivity index (χ1v) is 7.94. The molecule has 1 aromatic heterocycles. The number of hydrogen-bond donors (Lipinski definition) is 1. The molecule has 0 saturated carbocycles. The van der Waals surface area contributed by atoms with Gasteiger partial charge in [0, 0.05) is 24.3 Å². The summed E-state index contributed by atoms with van der Waals surface area (Å²) in [6, 6.07) is 3.98. The first-order chi connectivity index (χ1) is 9.49. The molecule has 3 nitrogen and oxygen atoms in total. The van der Waals surface area contributed by atoms with Crippen molar-refractivity contribution in [1.82, 2.24) is 4.98 Å². The molecule has 0 spiro atoms. The summed E-state index contributed by atoms with van der Waals surface area (Å²) in [6.45, 7) is 8.78. The van der Waals surface area contributed by atoms with Crippen LogP contribution in [-0.2, 0) is 0 Å². The van der Waals surface area contributed by atoms with Gasteiger partial charge in [0.2, 0.25) is 0 Å². The molecule has 1 aliphatic heterocycles. The van der Waals surface area contributed by atoms with Crippen LogP contribution in [0, 0.1) is 12.3 Å². The van der Waals surface area contributed by atoms with Gasteiger partial charge in [-0.15, -0.1) is 0 Å². The van der Waals surface area contributed by atoms with E-state index in [1.165, 1.54) is 25.7 Å². The molecule has 0 aromatic carbocycles. The van der Waals surface area contributed by atoms with E-state index >= 15 is 0 Å². The Bertz CT molecular complexity index is 484. The Morgan fingerprint density at radius 1 is 1.30 bits per heavy atom. The number of piperidine rings is 1. The topological polar surface area (TPSA) is 42.1 Å². The minimum absolute atomic E-state index is 0.449. The van der Waals surface area contributed by atoms with Crippen LogP contribution in [0.25, 0.3) is 0 Å². The molecule has 20 heavy (non-hydrogen) atoms. The zero-order valence-electron chi connectivity index (χ0n) is 12.8. The van der Waals surface area contributed by atoms with Gasteiger partial charge in [0.1, 0.15) is 10.8 Å². The van der Waals surface area contributed by atoms with Gasteiger partial charge in [-0.05, 0) is 37.3 Å². The lowest BCUT2D eigenvalue weighted by molar-refractivity contribution is 0.199. The van der Waals surface area contributed by atoms with E-state index in [4.69, 9.17) is 18.0 Å². The second kappa shape index (κ2) is 6.08. The second-order valence-corrected chi connectivity index (χ2v) is 6.35. The maximum atomic E-state index is 5.75. The predicted molar refractivity (Wildman–Crippen MR) is 89.3 cm³/mol. The van der Waals surface area contributed by atoms with Gasteiger partial charge in [0.25, 0.3) is 0 Å². The van der Waals surface area contributed by atoms with Crippen LogP contribution in [0.4, 0.5) is 5.82 Å². The van der Waals surface area contributed by atoms with Crippen molar-refractivity contribution in [2.24, 2.45) is 11.1 Å². The molecular formula is C16H25N3S. The summed E-state index contributed by atoms with van der Waals surface area (Å²) in [4.78, 5) is 7.47. The van der Waals surface area contributed by atoms with E-state index in [0.717, 1.165) is 30.2 Å². The average molecular weight is 291 g/mol. The van der Waals surface area contributed by atoms with E-state index < -0.39 is 0 Å². The molecule has 1 aliphatic rings. The number of nitrogens with two attached hydrogens (primary N) is 1. The van der Waals surface area contributed by atoms with Crippen molar-refractivity contribution < 1.29 is 0 Å². The SMILES string of the molecule is CCC1(CC)CCN(c2cc(C(N)=S)cc(C)n2)CC1. The minimum Gasteiger partial charge on any atom is -0.389 e. The highest BCUT2D eigenvalue weighted by atomic mass is 32.1. The largest absolute Gasteiger partial charge is 0.389 e. The summed E-state index contributed by atoms with van der Waals surface area (Å²) >= 11 is 5.09. The fourth-order valence-corrected chi connectivity index (χ4v) is 3.24. The highest BCUT2D eigenvalue weighted by Crippen LogP contribution is 2.38. The van der Waals surface area contributed by atoms with Crippen molar-refractivity contribution >= 4 is 23.0 Å². The number of hydrogen-bond acceptors (Lipinski definition) is 3. The first-order valence-electron chi connectivity index (χ1n) is 7.53. The Morgan fingerprint density at radius 3 is 2.40 bits per heavy atom. The maximum Gasteiger partial charge on any atom is 0.129 e. The van der Waals surface area contributed by atoms with E-state index in [-0.39, 0.29) is 0 Å². The van der Waals surface area contributed by atoms with Gasteiger partial charge in [0.15, 0.2) is 0 Å². The van der Waals surface area contributed by atoms with Crippen LogP contribution in [0.15, 0.2) is 12.1 Å². The van der Waals surface area contributed by atoms with Crippen LogP contribution in [-0.4, -0.2) is 23.1 Å². The number of rotatable bonds is 4. The summed E-state index contributed by atoms with van der Waals surface area (Å²) < 4.78 is 0. The van der Waals surface area contributed by atoms with Crippen molar-refractivity contribution in [2.45, 2.75) is 46.5 Å². The van der Waals surface area contributed by atoms with Crippen molar-refractivity contribution in [3.8, 4) is 0 Å². The second-order valence-electron chi connectivity index (χ2n) is 5.91. The molecule has 0 atom stereocenters. The zero-order valence-corrected chi connectivity index (χ0v) is 13.6. The molecule has 0 unspecified atom stereocenters. The number of aromatic nitrogens is 1. The molecule has 2 rings (SSSR count). The number of thiocarbonyl (C=S) groups is 1. The lowest BCUT2D eigenvalue weighted by Crippen LogP contribution is -2.40. The van der Waals surface area contributed by atoms with E-state index in [0.29, 0.717) is 10.4 Å². The monoisotopic (exact) mass is 291 g/mol. The van der Waals surface area contributed by atoms with Crippen molar-refractivity contribution in [2.75, 3.05) is 18.0 Å². The van der Waals surface area contributed by atoms with Gasteiger partial charge < -0.3 is 10.6 Å². The maximum absolute atomic E-state index is 5.75. The Hall–Kier alpha value is -1.16. The summed E-state index contributed by atoms with van der Waals surface area (Å²) in [5.41, 5.74) is 8.19. The van der Waals surface area contributed by atoms with Crippen LogP contribution in [0.5, 0.6) is 0 Å². The third kappa shape index (κ3) is 3.11. The van der Waals surface area contributed by atoms with E-state index in [2.05, 4.69) is 23.7 Å². The molecule has 4 heteroatoms. The molecular weight excluding hydrogens is 266 g/mol. The van der Waals surface area contributed by atoms with Crippen molar-refractivity contribution in [3.05, 3.63) is 23.4 Å². The highest BCUT2D eigenvalue weighted by Gasteiger charge is 2.31. The molecule has 0 radical (unpaired) electrons. The lowest BCUT2D eigenvalue weighted by atomic mass is 9.74. The smallest absolute Gasteiger partial charge is 0.129 e. The summed E-state index contributed by atoms with van der Waals surface area (Å²) in [7, 11) is 0. The van der Waals surface area contributed by atoms with Gasteiger partial charge in [-0.1, -0.05) is 38.9 Å². The van der Waals surface area contributed by atoms with Gasteiger partial charge in [-0.2, -0.15) is 0 Å². The Balaban J connectivity index is 2.16. The summed E-state index contributed by atoms with van der Waals surface area (Å²) in [6.07, 6.45) is 5.05. The molecule has 2 N–H and O–H groups in total. The van der Waals surface area contributed by atoms with Crippen molar-refractivity contribution in [1.29, 1.82) is 0 Å². The molecule has 2 heterocycles. The van der Waals surface area contributed by atoms with E-state index in [1.54, 1.807) is 0 Å². The highest BCUT2D eigenvalue weighted by molar-refractivity contribution is 7.80. The van der Waals surface area contributed by atoms with Crippen LogP contribution < -0.4 is 10.6 Å². The van der Waals surface area contributed by atoms with Crippen LogP contribution in [0.1, 0.15) is 50.8 Å². The third-order valence-electron chi connectivity index (χ3n) is 4.87. The number of nitrogens with zero attached hydrogens (tertiary/aromatic N) is 2. The van der Waals surface area contributed by atoms with E-state index in [9.17, 15) is 0 Å². The minimum atomic E-state index is 0.449. The van der Waals surface area contributed by atoms with Crippen LogP contribution in [0.2, 0.25) is 0 Å². The molecule has 1 aromatic rings. The van der Waals surface area contributed by atoms with E-state index in [1.807, 2.05) is 19.1 Å². The number of aryl methyl sites for hydroxylation is 1. The molecule has 0 bridgehead atoms. The average Bonchev–Trinajstić information content (AvgIpc) is 2.46. The summed E-state index contributed by atoms with van der Waals surface area (Å²) in [5, 5.41) is 0. The standard InChI is InChI=1S/C16H25N3S/c1-4-16(5-2)6-8-19(9-7-16)14-11-13(15(17)20)10-12(3)18-14/h10-11H,4-9H2,1-3H3,(H2,17,20). The van der Waals surface area contributed by atoms with Crippen LogP contribution in [0.3, 0.4) is 0 Å². The normalized spacial score (nSPS) is 18.1. The van der Waals surface area contributed by atoms with Gasteiger partial charge >= 0.3 is 0 Å². The molecule has 1 saturated heterocycles. The van der Waals surface area contributed by atoms with Gasteiger partial charge in [-0.3, -0.25) is 0 Å². The van der Waals surface area contributed by atoms with Gasteiger partial charge in [0.05, 0.1) is 0 Å². The number of pyridine rings is 1. The quantitative estimate of drug-likeness (QED) is 0.863. The zero-order chi connectivity index (χ0) is 14.8. The lowest BCUT2D eigenvalue weighted by Gasteiger charge is -2.41. The predicted octanol–water partition coefficient (Wildman–Crippen LogP) is 3.43. The summed E-state index contributed by atoms with van der Waals surface area (Å²) in [5.74, 6) is 1.02. The molecule has 0 aliphatic carbocycles. The third-order valence-corrected chi connectivity index (χ3v) is 5.11. The van der Waals surface area contributed by atoms with Crippen molar-refractivity contribution in [3.63, 3.8) is 0 Å². The van der Waals surface area contributed by atoms with Gasteiger partial charge in [-0.25, -0.2) is 4.98 Å².